The second-order valence-electron chi connectivity index (χ2n) is 6.05. The second-order valence-corrected chi connectivity index (χ2v) is 6.05. The van der Waals surface area contributed by atoms with Crippen LogP contribution < -0.4 is 10.6 Å². The molecule has 0 aromatic heterocycles. The fraction of sp³-hybridized carbons (Fsp3) is 0.529. The number of nitrogens with zero attached hydrogens (tertiary/aromatic N) is 1. The Morgan fingerprint density at radius 3 is 2.50 bits per heavy atom. The van der Waals surface area contributed by atoms with Crippen molar-refractivity contribution in [3.63, 3.8) is 0 Å². The van der Waals surface area contributed by atoms with Crippen molar-refractivity contribution in [3.8, 4) is 0 Å². The first kappa shape index (κ1) is 22.6. The standard InChI is InChI=1S/C17H26FN3O2.HI/c1-5-19-16(21-12-15(22)23-17(2,3)4)20-11-10-13-8-6-7-9-14(13)18;/h6-9H,5,10-12H2,1-4H3,(H2,19,20,21);1H. The van der Waals surface area contributed by atoms with Crippen LogP contribution in [0.25, 0.3) is 0 Å². The third-order valence-corrected chi connectivity index (χ3v) is 2.78. The molecular weight excluding hydrogens is 424 g/mol. The lowest BCUT2D eigenvalue weighted by molar-refractivity contribution is -0.152. The predicted octanol–water partition coefficient (Wildman–Crippen LogP) is 2.88. The van der Waals surface area contributed by atoms with Gasteiger partial charge in [-0.15, -0.1) is 24.0 Å². The fourth-order valence-electron chi connectivity index (χ4n) is 1.88. The Morgan fingerprint density at radius 2 is 1.92 bits per heavy atom. The van der Waals surface area contributed by atoms with E-state index in [9.17, 15) is 9.18 Å². The van der Waals surface area contributed by atoms with Gasteiger partial charge in [0.2, 0.25) is 0 Å². The molecule has 1 aromatic rings. The third-order valence-electron chi connectivity index (χ3n) is 2.78. The number of guanidine groups is 1. The number of benzene rings is 1. The van der Waals surface area contributed by atoms with Gasteiger partial charge in [-0.05, 0) is 45.7 Å². The van der Waals surface area contributed by atoms with Gasteiger partial charge in [0.25, 0.3) is 0 Å². The van der Waals surface area contributed by atoms with Crippen LogP contribution in [-0.4, -0.2) is 37.2 Å². The molecule has 2 N–H and O–H groups in total. The Labute approximate surface area is 160 Å². The molecule has 5 nitrogen and oxygen atoms in total. The van der Waals surface area contributed by atoms with Crippen LogP contribution in [-0.2, 0) is 16.0 Å². The van der Waals surface area contributed by atoms with Crippen molar-refractivity contribution in [2.75, 3.05) is 19.6 Å². The summed E-state index contributed by atoms with van der Waals surface area (Å²) in [4.78, 5) is 15.9. The zero-order valence-electron chi connectivity index (χ0n) is 14.7. The molecule has 0 radical (unpaired) electrons. The molecular formula is C17H27FIN3O2. The molecule has 0 spiro atoms. The van der Waals surface area contributed by atoms with Crippen molar-refractivity contribution in [2.24, 2.45) is 4.99 Å². The van der Waals surface area contributed by atoms with E-state index in [2.05, 4.69) is 15.6 Å². The minimum absolute atomic E-state index is 0. The van der Waals surface area contributed by atoms with Crippen molar-refractivity contribution >= 4 is 35.9 Å². The molecule has 136 valence electrons. The van der Waals surface area contributed by atoms with Crippen molar-refractivity contribution in [3.05, 3.63) is 35.6 Å². The molecule has 0 amide bonds. The maximum absolute atomic E-state index is 13.5. The highest BCUT2D eigenvalue weighted by molar-refractivity contribution is 14.0. The van der Waals surface area contributed by atoms with Crippen molar-refractivity contribution in [1.29, 1.82) is 0 Å². The number of ether oxygens (including phenoxy) is 1. The van der Waals surface area contributed by atoms with Crippen molar-refractivity contribution in [1.82, 2.24) is 10.6 Å². The monoisotopic (exact) mass is 451 g/mol. The first-order valence-corrected chi connectivity index (χ1v) is 7.79. The van der Waals surface area contributed by atoms with Crippen LogP contribution in [0.1, 0.15) is 33.3 Å². The quantitative estimate of drug-likeness (QED) is 0.302. The summed E-state index contributed by atoms with van der Waals surface area (Å²) in [5.41, 5.74) is 0.117. The van der Waals surface area contributed by atoms with Gasteiger partial charge in [-0.25, -0.2) is 9.38 Å². The van der Waals surface area contributed by atoms with Crippen LogP contribution in [0.3, 0.4) is 0 Å². The van der Waals surface area contributed by atoms with Crippen LogP contribution in [0, 0.1) is 5.82 Å². The molecule has 0 aliphatic rings. The molecule has 0 saturated heterocycles. The summed E-state index contributed by atoms with van der Waals surface area (Å²) >= 11 is 0. The minimum atomic E-state index is -0.525. The number of esters is 1. The van der Waals surface area contributed by atoms with Gasteiger partial charge in [0.1, 0.15) is 18.0 Å². The Hall–Kier alpha value is -1.38. The molecule has 7 heteroatoms. The SMILES string of the molecule is CCNC(=NCC(=O)OC(C)(C)C)NCCc1ccccc1F.I. The highest BCUT2D eigenvalue weighted by Gasteiger charge is 2.15. The number of aliphatic imine (C=N–C) groups is 1. The lowest BCUT2D eigenvalue weighted by atomic mass is 10.1. The van der Waals surface area contributed by atoms with Gasteiger partial charge in [0, 0.05) is 13.1 Å². The fourth-order valence-corrected chi connectivity index (χ4v) is 1.88. The highest BCUT2D eigenvalue weighted by atomic mass is 127. The van der Waals surface area contributed by atoms with E-state index >= 15 is 0 Å². The Bertz CT molecular complexity index is 545. The highest BCUT2D eigenvalue weighted by Crippen LogP contribution is 2.07. The normalized spacial score (nSPS) is 11.5. The summed E-state index contributed by atoms with van der Waals surface area (Å²) in [5.74, 6) is -0.0940. The number of carbonyl (C=O) groups is 1. The van der Waals surface area contributed by atoms with Gasteiger partial charge in [0.05, 0.1) is 0 Å². The molecule has 0 fully saturated rings. The first-order chi connectivity index (χ1) is 10.8. The van der Waals surface area contributed by atoms with Gasteiger partial charge >= 0.3 is 5.97 Å². The largest absolute Gasteiger partial charge is 0.459 e. The molecule has 0 atom stereocenters. The summed E-state index contributed by atoms with van der Waals surface area (Å²) in [6, 6.07) is 6.66. The zero-order valence-corrected chi connectivity index (χ0v) is 17.0. The minimum Gasteiger partial charge on any atom is -0.459 e. The predicted molar refractivity (Wildman–Crippen MR) is 105 cm³/mol. The average molecular weight is 451 g/mol. The Morgan fingerprint density at radius 1 is 1.25 bits per heavy atom. The van der Waals surface area contributed by atoms with Crippen LogP contribution in [0.5, 0.6) is 0 Å². The Kier molecular flexibility index (Phi) is 10.6. The number of nitrogens with one attached hydrogen (secondary N) is 2. The third kappa shape index (κ3) is 9.69. The summed E-state index contributed by atoms with van der Waals surface area (Å²) in [6.45, 7) is 8.49. The van der Waals surface area contributed by atoms with E-state index in [1.165, 1.54) is 6.07 Å². The van der Waals surface area contributed by atoms with Gasteiger partial charge in [0.15, 0.2) is 5.96 Å². The summed E-state index contributed by atoms with van der Waals surface area (Å²) in [5, 5.41) is 6.12. The number of carbonyl (C=O) groups excluding carboxylic acids is 1. The van der Waals surface area contributed by atoms with Gasteiger partial charge in [-0.3, -0.25) is 4.79 Å². The number of hydrogen-bond acceptors (Lipinski definition) is 3. The molecule has 0 bridgehead atoms. The molecule has 1 aromatic carbocycles. The lowest BCUT2D eigenvalue weighted by Gasteiger charge is -2.19. The van der Waals surface area contributed by atoms with E-state index in [4.69, 9.17) is 4.74 Å². The van der Waals surface area contributed by atoms with Gasteiger partial charge in [-0.1, -0.05) is 18.2 Å². The van der Waals surface area contributed by atoms with Crippen LogP contribution in [0.15, 0.2) is 29.3 Å². The zero-order chi connectivity index (χ0) is 17.3. The van der Waals surface area contributed by atoms with Gasteiger partial charge in [-0.2, -0.15) is 0 Å². The molecule has 0 saturated carbocycles. The molecule has 0 aliphatic carbocycles. The topological polar surface area (TPSA) is 62.7 Å². The summed E-state index contributed by atoms with van der Waals surface area (Å²) in [7, 11) is 0. The van der Waals surface area contributed by atoms with E-state index in [0.29, 0.717) is 31.0 Å². The van der Waals surface area contributed by atoms with Crippen molar-refractivity contribution in [2.45, 2.75) is 39.7 Å². The summed E-state index contributed by atoms with van der Waals surface area (Å²) < 4.78 is 18.7. The molecule has 24 heavy (non-hydrogen) atoms. The van der Waals surface area contributed by atoms with Crippen LogP contribution >= 0.6 is 24.0 Å². The smallest absolute Gasteiger partial charge is 0.328 e. The van der Waals surface area contributed by atoms with E-state index in [0.717, 1.165) is 0 Å². The Balaban J connectivity index is 0.00000529. The first-order valence-electron chi connectivity index (χ1n) is 7.79. The molecule has 0 unspecified atom stereocenters. The number of hydrogen-bond donors (Lipinski definition) is 2. The molecule has 0 aliphatic heterocycles. The molecule has 1 rings (SSSR count). The van der Waals surface area contributed by atoms with Crippen LogP contribution in [0.2, 0.25) is 0 Å². The lowest BCUT2D eigenvalue weighted by Crippen LogP contribution is -2.39. The molecule has 0 heterocycles. The van der Waals surface area contributed by atoms with E-state index in [1.807, 2.05) is 27.7 Å². The van der Waals surface area contributed by atoms with E-state index in [1.54, 1.807) is 18.2 Å². The van der Waals surface area contributed by atoms with E-state index < -0.39 is 5.60 Å². The van der Waals surface area contributed by atoms with Crippen LogP contribution in [0.4, 0.5) is 4.39 Å². The maximum Gasteiger partial charge on any atom is 0.328 e. The second kappa shape index (κ2) is 11.2. The number of halogens is 2. The van der Waals surface area contributed by atoms with E-state index in [-0.39, 0.29) is 42.3 Å². The average Bonchev–Trinajstić information content (AvgIpc) is 2.45. The number of rotatable bonds is 6. The van der Waals surface area contributed by atoms with Crippen molar-refractivity contribution < 1.29 is 13.9 Å². The maximum atomic E-state index is 13.5. The summed E-state index contributed by atoms with van der Waals surface area (Å²) in [6.07, 6.45) is 0.531. The van der Waals surface area contributed by atoms with Gasteiger partial charge < -0.3 is 15.4 Å².